The van der Waals surface area contributed by atoms with Gasteiger partial charge in [0.25, 0.3) is 11.6 Å². The Labute approximate surface area is 172 Å². The van der Waals surface area contributed by atoms with E-state index < -0.39 is 10.8 Å². The van der Waals surface area contributed by atoms with Crippen LogP contribution < -0.4 is 14.9 Å². The second-order valence-corrected chi connectivity index (χ2v) is 6.16. The summed E-state index contributed by atoms with van der Waals surface area (Å²) in [6, 6.07) is 20.6. The number of para-hydroxylation sites is 1. The number of nitrogens with zero attached hydrogens (tertiary/aromatic N) is 2. The minimum Gasteiger partial charge on any atom is -0.493 e. The third-order valence-corrected chi connectivity index (χ3v) is 4.15. The molecule has 0 saturated heterocycles. The van der Waals surface area contributed by atoms with Crippen LogP contribution in [0.25, 0.3) is 0 Å². The summed E-state index contributed by atoms with van der Waals surface area (Å²) in [5.74, 6) is 0.413. The summed E-state index contributed by atoms with van der Waals surface area (Å²) in [5.41, 5.74) is 3.63. The smallest absolute Gasteiger partial charge is 0.282 e. The maximum absolute atomic E-state index is 12.2. The van der Waals surface area contributed by atoms with Crippen molar-refractivity contribution >= 4 is 17.8 Å². The topological polar surface area (TPSA) is 103 Å². The van der Waals surface area contributed by atoms with E-state index in [4.69, 9.17) is 9.47 Å². The van der Waals surface area contributed by atoms with Crippen LogP contribution in [0.4, 0.5) is 5.69 Å². The van der Waals surface area contributed by atoms with Crippen LogP contribution in [-0.4, -0.2) is 24.2 Å². The first-order valence-corrected chi connectivity index (χ1v) is 9.00. The summed E-state index contributed by atoms with van der Waals surface area (Å²) in [7, 11) is 1.53. The molecule has 0 aliphatic rings. The van der Waals surface area contributed by atoms with Gasteiger partial charge in [-0.1, -0.05) is 42.5 Å². The number of hydrogen-bond donors (Lipinski definition) is 1. The highest BCUT2D eigenvalue weighted by Gasteiger charge is 2.18. The van der Waals surface area contributed by atoms with Gasteiger partial charge >= 0.3 is 0 Å². The predicted molar refractivity (Wildman–Crippen MR) is 112 cm³/mol. The molecule has 0 saturated carbocycles. The number of methoxy groups -OCH3 is 1. The molecule has 1 amide bonds. The summed E-state index contributed by atoms with van der Waals surface area (Å²) in [5, 5.41) is 14.9. The Hall–Kier alpha value is -4.20. The number of hydrogen-bond acceptors (Lipinski definition) is 6. The zero-order valence-electron chi connectivity index (χ0n) is 16.1. The van der Waals surface area contributed by atoms with Gasteiger partial charge in [-0.25, -0.2) is 5.43 Å². The number of rotatable bonds is 8. The molecule has 0 heterocycles. The number of carbonyl (C=O) groups excluding carboxylic acids is 1. The van der Waals surface area contributed by atoms with E-state index in [1.54, 1.807) is 24.3 Å². The van der Waals surface area contributed by atoms with Gasteiger partial charge in [0.1, 0.15) is 12.2 Å². The number of amides is 1. The molecule has 3 rings (SSSR count). The molecule has 0 bridgehead atoms. The highest BCUT2D eigenvalue weighted by molar-refractivity contribution is 5.98. The Bertz CT molecular complexity index is 1070. The molecule has 0 aromatic heterocycles. The van der Waals surface area contributed by atoms with Crippen molar-refractivity contribution in [3.05, 3.63) is 99.6 Å². The van der Waals surface area contributed by atoms with E-state index in [1.165, 1.54) is 31.5 Å². The number of benzene rings is 3. The van der Waals surface area contributed by atoms with Crippen LogP contribution in [0.5, 0.6) is 11.5 Å². The standard InChI is InChI=1S/C22H19N3O5/c1-29-21-13-17(11-12-20(21)30-15-16-7-3-2-4-8-16)14-23-24-22(26)18-9-5-6-10-19(18)25(27)28/h2-14H,15H2,1H3,(H,24,26)/b23-14+. The van der Waals surface area contributed by atoms with Crippen molar-refractivity contribution in [1.82, 2.24) is 5.43 Å². The van der Waals surface area contributed by atoms with Crippen LogP contribution >= 0.6 is 0 Å². The van der Waals surface area contributed by atoms with Gasteiger partial charge in [-0.15, -0.1) is 0 Å². The first-order chi connectivity index (χ1) is 14.6. The number of hydrazone groups is 1. The molecule has 0 atom stereocenters. The van der Waals surface area contributed by atoms with Gasteiger partial charge in [-0.2, -0.15) is 5.10 Å². The lowest BCUT2D eigenvalue weighted by molar-refractivity contribution is -0.385. The summed E-state index contributed by atoms with van der Waals surface area (Å²) >= 11 is 0. The minimum atomic E-state index is -0.673. The van der Waals surface area contributed by atoms with E-state index in [0.29, 0.717) is 23.7 Å². The van der Waals surface area contributed by atoms with E-state index in [9.17, 15) is 14.9 Å². The van der Waals surface area contributed by atoms with Gasteiger partial charge in [-0.3, -0.25) is 14.9 Å². The molecule has 152 valence electrons. The van der Waals surface area contributed by atoms with E-state index >= 15 is 0 Å². The van der Waals surface area contributed by atoms with Crippen LogP contribution in [0.1, 0.15) is 21.5 Å². The van der Waals surface area contributed by atoms with E-state index in [-0.39, 0.29) is 11.3 Å². The predicted octanol–water partition coefficient (Wildman–Crippen LogP) is 3.95. The van der Waals surface area contributed by atoms with Crippen molar-refractivity contribution in [2.45, 2.75) is 6.61 Å². The summed E-state index contributed by atoms with van der Waals surface area (Å²) in [6.07, 6.45) is 1.41. The zero-order valence-corrected chi connectivity index (χ0v) is 16.1. The lowest BCUT2D eigenvalue weighted by Crippen LogP contribution is -2.18. The summed E-state index contributed by atoms with van der Waals surface area (Å²) < 4.78 is 11.2. The van der Waals surface area contributed by atoms with Gasteiger partial charge in [0.15, 0.2) is 11.5 Å². The molecular weight excluding hydrogens is 386 g/mol. The molecule has 0 unspecified atom stereocenters. The molecule has 3 aromatic rings. The molecule has 0 radical (unpaired) electrons. The fraction of sp³-hybridized carbons (Fsp3) is 0.0909. The lowest BCUT2D eigenvalue weighted by atomic mass is 10.2. The fourth-order valence-corrected chi connectivity index (χ4v) is 2.67. The van der Waals surface area contributed by atoms with Crippen molar-refractivity contribution in [2.24, 2.45) is 5.10 Å². The molecule has 30 heavy (non-hydrogen) atoms. The maximum Gasteiger partial charge on any atom is 0.282 e. The highest BCUT2D eigenvalue weighted by atomic mass is 16.6. The van der Waals surface area contributed by atoms with Gasteiger partial charge < -0.3 is 9.47 Å². The van der Waals surface area contributed by atoms with Crippen LogP contribution in [0.3, 0.4) is 0 Å². The first-order valence-electron chi connectivity index (χ1n) is 9.00. The van der Waals surface area contributed by atoms with E-state index in [1.807, 2.05) is 30.3 Å². The Balaban J connectivity index is 1.66. The molecule has 0 spiro atoms. The molecule has 0 fully saturated rings. The molecule has 8 nitrogen and oxygen atoms in total. The number of carbonyl (C=O) groups is 1. The largest absolute Gasteiger partial charge is 0.493 e. The van der Waals surface area contributed by atoms with Crippen molar-refractivity contribution in [1.29, 1.82) is 0 Å². The van der Waals surface area contributed by atoms with Crippen molar-refractivity contribution in [3.63, 3.8) is 0 Å². The highest BCUT2D eigenvalue weighted by Crippen LogP contribution is 2.28. The van der Waals surface area contributed by atoms with Crippen molar-refractivity contribution in [2.75, 3.05) is 7.11 Å². The third kappa shape index (κ3) is 5.20. The van der Waals surface area contributed by atoms with Crippen LogP contribution in [0.2, 0.25) is 0 Å². The van der Waals surface area contributed by atoms with Crippen LogP contribution in [-0.2, 0) is 6.61 Å². The normalized spacial score (nSPS) is 10.6. The number of nitro benzene ring substituents is 1. The Morgan fingerprint density at radius 1 is 1.07 bits per heavy atom. The van der Waals surface area contributed by atoms with Crippen LogP contribution in [0.15, 0.2) is 77.9 Å². The van der Waals surface area contributed by atoms with Gasteiger partial charge in [0.2, 0.25) is 0 Å². The molecule has 0 aliphatic heterocycles. The Kier molecular flexibility index (Phi) is 6.73. The number of ether oxygens (including phenoxy) is 2. The van der Waals surface area contributed by atoms with Gasteiger partial charge in [0, 0.05) is 6.07 Å². The summed E-state index contributed by atoms with van der Waals surface area (Å²) in [4.78, 5) is 22.6. The number of nitro groups is 1. The lowest BCUT2D eigenvalue weighted by Gasteiger charge is -2.11. The zero-order chi connectivity index (χ0) is 21.3. The molecular formula is C22H19N3O5. The number of nitrogens with one attached hydrogen (secondary N) is 1. The van der Waals surface area contributed by atoms with Gasteiger partial charge in [0.05, 0.1) is 18.2 Å². The second kappa shape index (κ2) is 9.83. The summed E-state index contributed by atoms with van der Waals surface area (Å²) in [6.45, 7) is 0.399. The minimum absolute atomic E-state index is 0.0677. The quantitative estimate of drug-likeness (QED) is 0.347. The van der Waals surface area contributed by atoms with Gasteiger partial charge in [-0.05, 0) is 35.4 Å². The average molecular weight is 405 g/mol. The Morgan fingerprint density at radius 3 is 2.53 bits per heavy atom. The molecule has 0 aliphatic carbocycles. The van der Waals surface area contributed by atoms with Crippen molar-refractivity contribution < 1.29 is 19.2 Å². The average Bonchev–Trinajstić information content (AvgIpc) is 2.78. The van der Waals surface area contributed by atoms with Crippen LogP contribution in [0, 0.1) is 10.1 Å². The van der Waals surface area contributed by atoms with E-state index in [0.717, 1.165) is 5.56 Å². The molecule has 8 heteroatoms. The second-order valence-electron chi connectivity index (χ2n) is 6.16. The van der Waals surface area contributed by atoms with E-state index in [2.05, 4.69) is 10.5 Å². The SMILES string of the molecule is COc1cc(/C=N/NC(=O)c2ccccc2[N+](=O)[O-])ccc1OCc1ccccc1. The fourth-order valence-electron chi connectivity index (χ4n) is 2.67. The van der Waals surface area contributed by atoms with Crippen molar-refractivity contribution in [3.8, 4) is 11.5 Å². The first kappa shape index (κ1) is 20.5. The Morgan fingerprint density at radius 2 is 1.80 bits per heavy atom. The third-order valence-electron chi connectivity index (χ3n) is 4.15. The monoisotopic (exact) mass is 405 g/mol. The maximum atomic E-state index is 12.2. The molecule has 3 aromatic carbocycles. The molecule has 1 N–H and O–H groups in total.